The normalized spacial score (nSPS) is 15.7. The standard InChI is InChI=1S/C20H20N4O3/c1-21-15-6-3-12(4-7-15)14-10-22-18-16-8-5-13(19(25)27-2)9-17(16)23-20(26)24(18)11-14/h3-9,14,21-22H,10-11H2,1-2H3. The fourth-order valence-electron chi connectivity index (χ4n) is 3.48. The smallest absolute Gasteiger partial charge is 0.349 e. The van der Waals surface area contributed by atoms with Crippen LogP contribution in [-0.4, -0.2) is 36.2 Å². The number of esters is 1. The Hall–Kier alpha value is -3.35. The average molecular weight is 364 g/mol. The zero-order chi connectivity index (χ0) is 19.0. The molecule has 0 radical (unpaired) electrons. The van der Waals surface area contributed by atoms with E-state index in [2.05, 4.69) is 27.8 Å². The van der Waals surface area contributed by atoms with Crippen LogP contribution in [-0.2, 0) is 11.3 Å². The quantitative estimate of drug-likeness (QED) is 0.695. The highest BCUT2D eigenvalue weighted by Crippen LogP contribution is 2.29. The molecule has 2 heterocycles. The minimum absolute atomic E-state index is 0.176. The van der Waals surface area contributed by atoms with Crippen LogP contribution in [0.15, 0.2) is 47.3 Å². The molecule has 1 aromatic heterocycles. The van der Waals surface area contributed by atoms with E-state index in [0.717, 1.165) is 23.4 Å². The number of fused-ring (bicyclic) bond motifs is 3. The number of aromatic nitrogens is 2. The zero-order valence-electron chi connectivity index (χ0n) is 15.2. The zero-order valence-corrected chi connectivity index (χ0v) is 15.2. The summed E-state index contributed by atoms with van der Waals surface area (Å²) in [4.78, 5) is 28.5. The minimum atomic E-state index is -0.449. The van der Waals surface area contributed by atoms with Crippen molar-refractivity contribution in [1.82, 2.24) is 9.55 Å². The number of hydrogen-bond donors (Lipinski definition) is 2. The Kier molecular flexibility index (Phi) is 4.27. The summed E-state index contributed by atoms with van der Waals surface area (Å²) in [6, 6.07) is 13.3. The van der Waals surface area contributed by atoms with Gasteiger partial charge in [0.05, 0.1) is 18.2 Å². The highest BCUT2D eigenvalue weighted by molar-refractivity contribution is 5.97. The number of rotatable bonds is 3. The molecule has 1 aliphatic heterocycles. The Bertz CT molecular complexity index is 1070. The Morgan fingerprint density at radius 2 is 2.04 bits per heavy atom. The minimum Gasteiger partial charge on any atom is -0.465 e. The number of carbonyl (C=O) groups excluding carboxylic acids is 1. The molecule has 1 aliphatic rings. The summed E-state index contributed by atoms with van der Waals surface area (Å²) < 4.78 is 6.40. The van der Waals surface area contributed by atoms with E-state index in [1.165, 1.54) is 12.7 Å². The molecule has 138 valence electrons. The lowest BCUT2D eigenvalue weighted by atomic mass is 9.96. The molecular formula is C20H20N4O3. The number of nitrogens with one attached hydrogen (secondary N) is 2. The summed E-state index contributed by atoms with van der Waals surface area (Å²) in [5, 5.41) is 7.29. The topological polar surface area (TPSA) is 85.2 Å². The molecule has 7 nitrogen and oxygen atoms in total. The maximum absolute atomic E-state index is 12.6. The van der Waals surface area contributed by atoms with Crippen LogP contribution in [0.2, 0.25) is 0 Å². The summed E-state index contributed by atoms with van der Waals surface area (Å²) in [5.74, 6) is 0.466. The first-order valence-corrected chi connectivity index (χ1v) is 8.75. The van der Waals surface area contributed by atoms with Crippen LogP contribution in [0.25, 0.3) is 10.9 Å². The van der Waals surface area contributed by atoms with Gasteiger partial charge in [0.1, 0.15) is 5.82 Å². The van der Waals surface area contributed by atoms with Crippen molar-refractivity contribution >= 4 is 28.4 Å². The predicted octanol–water partition coefficient (Wildman–Crippen LogP) is 2.43. The van der Waals surface area contributed by atoms with Gasteiger partial charge in [-0.2, -0.15) is 4.98 Å². The van der Waals surface area contributed by atoms with E-state index in [1.54, 1.807) is 22.8 Å². The molecule has 2 aromatic carbocycles. The number of anilines is 2. The number of ether oxygens (including phenoxy) is 1. The van der Waals surface area contributed by atoms with Gasteiger partial charge in [0, 0.05) is 37.1 Å². The third-order valence-corrected chi connectivity index (χ3v) is 4.98. The molecule has 1 unspecified atom stereocenters. The first-order chi connectivity index (χ1) is 13.1. The van der Waals surface area contributed by atoms with Crippen LogP contribution >= 0.6 is 0 Å². The fraction of sp³-hybridized carbons (Fsp3) is 0.250. The summed E-state index contributed by atoms with van der Waals surface area (Å²) >= 11 is 0. The van der Waals surface area contributed by atoms with Crippen molar-refractivity contribution in [2.75, 3.05) is 31.3 Å². The van der Waals surface area contributed by atoms with Crippen LogP contribution in [0.3, 0.4) is 0 Å². The van der Waals surface area contributed by atoms with E-state index in [0.29, 0.717) is 17.6 Å². The molecular weight excluding hydrogens is 344 g/mol. The van der Waals surface area contributed by atoms with E-state index in [4.69, 9.17) is 4.74 Å². The largest absolute Gasteiger partial charge is 0.465 e. The summed E-state index contributed by atoms with van der Waals surface area (Å²) in [6.07, 6.45) is 0. The van der Waals surface area contributed by atoms with E-state index in [9.17, 15) is 9.59 Å². The molecule has 7 heteroatoms. The van der Waals surface area contributed by atoms with Gasteiger partial charge in [-0.3, -0.25) is 4.57 Å². The molecule has 0 spiro atoms. The van der Waals surface area contributed by atoms with Gasteiger partial charge < -0.3 is 15.4 Å². The molecule has 0 saturated heterocycles. The molecule has 1 atom stereocenters. The molecule has 4 rings (SSSR count). The lowest BCUT2D eigenvalue weighted by molar-refractivity contribution is 0.0601. The van der Waals surface area contributed by atoms with Gasteiger partial charge in [-0.15, -0.1) is 0 Å². The second kappa shape index (κ2) is 6.75. The van der Waals surface area contributed by atoms with Crippen LogP contribution < -0.4 is 16.3 Å². The Morgan fingerprint density at radius 1 is 1.26 bits per heavy atom. The predicted molar refractivity (Wildman–Crippen MR) is 105 cm³/mol. The fourth-order valence-corrected chi connectivity index (χ4v) is 3.48. The SMILES string of the molecule is CNc1ccc(C2CNc3c4ccc(C(=O)OC)cc4nc(=O)n3C2)cc1. The lowest BCUT2D eigenvalue weighted by Gasteiger charge is -2.28. The van der Waals surface area contributed by atoms with Crippen LogP contribution in [0.4, 0.5) is 11.5 Å². The second-order valence-corrected chi connectivity index (χ2v) is 6.53. The van der Waals surface area contributed by atoms with Crippen molar-refractivity contribution in [2.45, 2.75) is 12.5 Å². The van der Waals surface area contributed by atoms with Crippen molar-refractivity contribution in [3.05, 3.63) is 64.1 Å². The number of nitrogens with zero attached hydrogens (tertiary/aromatic N) is 2. The first-order valence-electron chi connectivity index (χ1n) is 8.75. The van der Waals surface area contributed by atoms with Gasteiger partial charge in [-0.25, -0.2) is 9.59 Å². The number of benzene rings is 2. The third kappa shape index (κ3) is 3.01. The van der Waals surface area contributed by atoms with E-state index in [1.807, 2.05) is 19.2 Å². The maximum atomic E-state index is 12.6. The average Bonchev–Trinajstić information content (AvgIpc) is 2.72. The van der Waals surface area contributed by atoms with Crippen molar-refractivity contribution in [3.63, 3.8) is 0 Å². The molecule has 2 N–H and O–H groups in total. The van der Waals surface area contributed by atoms with E-state index in [-0.39, 0.29) is 11.6 Å². The molecule has 0 fully saturated rings. The van der Waals surface area contributed by atoms with Crippen LogP contribution in [0, 0.1) is 0 Å². The highest BCUT2D eigenvalue weighted by atomic mass is 16.5. The van der Waals surface area contributed by atoms with Gasteiger partial charge in [-0.1, -0.05) is 12.1 Å². The molecule has 3 aromatic rings. The van der Waals surface area contributed by atoms with Crippen molar-refractivity contribution < 1.29 is 9.53 Å². The number of hydrogen-bond acceptors (Lipinski definition) is 6. The van der Waals surface area contributed by atoms with E-state index < -0.39 is 5.97 Å². The second-order valence-electron chi connectivity index (χ2n) is 6.53. The van der Waals surface area contributed by atoms with Crippen molar-refractivity contribution in [1.29, 1.82) is 0 Å². The molecule has 0 amide bonds. The molecule has 27 heavy (non-hydrogen) atoms. The maximum Gasteiger partial charge on any atom is 0.349 e. The Labute approximate surface area is 156 Å². The van der Waals surface area contributed by atoms with E-state index >= 15 is 0 Å². The van der Waals surface area contributed by atoms with Crippen LogP contribution in [0.1, 0.15) is 21.8 Å². The van der Waals surface area contributed by atoms with Gasteiger partial charge >= 0.3 is 11.7 Å². The third-order valence-electron chi connectivity index (χ3n) is 4.98. The van der Waals surface area contributed by atoms with Gasteiger partial charge in [-0.05, 0) is 35.9 Å². The summed E-state index contributed by atoms with van der Waals surface area (Å²) in [5.41, 5.74) is 2.75. The number of carbonyl (C=O) groups is 1. The van der Waals surface area contributed by atoms with Gasteiger partial charge in [0.25, 0.3) is 0 Å². The molecule has 0 bridgehead atoms. The van der Waals surface area contributed by atoms with Gasteiger partial charge in [0.15, 0.2) is 0 Å². The lowest BCUT2D eigenvalue weighted by Crippen LogP contribution is -2.35. The Morgan fingerprint density at radius 3 is 2.74 bits per heavy atom. The first kappa shape index (κ1) is 17.1. The molecule has 0 aliphatic carbocycles. The Balaban J connectivity index is 1.72. The summed E-state index contributed by atoms with van der Waals surface area (Å²) in [6.45, 7) is 1.28. The van der Waals surface area contributed by atoms with Crippen molar-refractivity contribution in [3.8, 4) is 0 Å². The van der Waals surface area contributed by atoms with Gasteiger partial charge in [0.2, 0.25) is 0 Å². The monoisotopic (exact) mass is 364 g/mol. The van der Waals surface area contributed by atoms with Crippen molar-refractivity contribution in [2.24, 2.45) is 0 Å². The highest BCUT2D eigenvalue weighted by Gasteiger charge is 2.23. The van der Waals surface area contributed by atoms with Crippen LogP contribution in [0.5, 0.6) is 0 Å². The molecule has 0 saturated carbocycles. The number of methoxy groups -OCH3 is 1. The summed E-state index contributed by atoms with van der Waals surface area (Å²) in [7, 11) is 3.21.